The van der Waals surface area contributed by atoms with E-state index >= 15 is 0 Å². The van der Waals surface area contributed by atoms with Gasteiger partial charge in [-0.25, -0.2) is 4.39 Å². The number of ketones is 1. The van der Waals surface area contributed by atoms with Crippen LogP contribution >= 0.6 is 34.5 Å². The fourth-order valence-corrected chi connectivity index (χ4v) is 4.20. The first-order valence-corrected chi connectivity index (χ1v) is 10.2. The summed E-state index contributed by atoms with van der Waals surface area (Å²) in [6.07, 6.45) is 0. The van der Waals surface area contributed by atoms with Gasteiger partial charge in [-0.05, 0) is 48.9 Å². The fourth-order valence-electron chi connectivity index (χ4n) is 3.17. The number of carbonyl (C=O) groups is 2. The maximum atomic E-state index is 13.3. The van der Waals surface area contributed by atoms with Crippen molar-refractivity contribution in [2.45, 2.75) is 13.0 Å². The van der Waals surface area contributed by atoms with Crippen molar-refractivity contribution in [3.63, 3.8) is 0 Å². The van der Waals surface area contributed by atoms with Crippen molar-refractivity contribution in [3.8, 4) is 0 Å². The van der Waals surface area contributed by atoms with E-state index in [0.717, 1.165) is 23.5 Å². The summed E-state index contributed by atoms with van der Waals surface area (Å²) >= 11 is 13.3. The highest BCUT2D eigenvalue weighted by Gasteiger charge is 2.48. The van der Waals surface area contributed by atoms with Crippen molar-refractivity contribution in [2.24, 2.45) is 0 Å². The molecule has 3 aromatic rings. The van der Waals surface area contributed by atoms with E-state index in [1.807, 2.05) is 0 Å². The number of amides is 1. The zero-order chi connectivity index (χ0) is 21.6. The number of aromatic nitrogens is 2. The van der Waals surface area contributed by atoms with Gasteiger partial charge in [-0.2, -0.15) is 0 Å². The van der Waals surface area contributed by atoms with Crippen LogP contribution in [0.1, 0.15) is 22.2 Å². The molecule has 30 heavy (non-hydrogen) atoms. The van der Waals surface area contributed by atoms with Crippen molar-refractivity contribution in [2.75, 3.05) is 4.90 Å². The first-order valence-electron chi connectivity index (χ1n) is 8.60. The lowest BCUT2D eigenvalue weighted by molar-refractivity contribution is -0.132. The molecule has 0 spiro atoms. The monoisotopic (exact) mass is 463 g/mol. The normalized spacial score (nSPS) is 18.3. The number of hydrogen-bond donors (Lipinski definition) is 1. The molecule has 1 amide bonds. The molecule has 1 aliphatic rings. The van der Waals surface area contributed by atoms with Crippen molar-refractivity contribution < 1.29 is 19.1 Å². The first kappa shape index (κ1) is 20.5. The minimum atomic E-state index is -1.02. The Morgan fingerprint density at radius 2 is 1.80 bits per heavy atom. The van der Waals surface area contributed by atoms with E-state index in [0.29, 0.717) is 15.6 Å². The third kappa shape index (κ3) is 3.47. The summed E-state index contributed by atoms with van der Waals surface area (Å²) in [5.74, 6) is -2.71. The first-order chi connectivity index (χ1) is 14.3. The Labute approximate surface area is 184 Å². The summed E-state index contributed by atoms with van der Waals surface area (Å²) in [4.78, 5) is 27.0. The van der Waals surface area contributed by atoms with Gasteiger partial charge in [0.25, 0.3) is 5.78 Å². The van der Waals surface area contributed by atoms with E-state index in [2.05, 4.69) is 10.2 Å². The Bertz CT molecular complexity index is 1210. The Morgan fingerprint density at radius 3 is 2.40 bits per heavy atom. The largest absolute Gasteiger partial charge is 0.507 e. The van der Waals surface area contributed by atoms with Crippen LogP contribution in [0.5, 0.6) is 0 Å². The highest BCUT2D eigenvalue weighted by Crippen LogP contribution is 2.43. The number of benzene rings is 2. The number of halogens is 3. The van der Waals surface area contributed by atoms with E-state index in [-0.39, 0.29) is 21.3 Å². The Hall–Kier alpha value is -2.81. The minimum absolute atomic E-state index is 0.169. The lowest BCUT2D eigenvalue weighted by Gasteiger charge is -2.22. The second-order valence-corrected chi connectivity index (χ2v) is 8.43. The summed E-state index contributed by atoms with van der Waals surface area (Å²) in [6, 6.07) is 8.56. The van der Waals surface area contributed by atoms with Crippen molar-refractivity contribution >= 4 is 57.1 Å². The predicted octanol–water partition coefficient (Wildman–Crippen LogP) is 4.92. The summed E-state index contributed by atoms with van der Waals surface area (Å²) in [7, 11) is 0. The van der Waals surface area contributed by atoms with Crippen molar-refractivity contribution in [1.29, 1.82) is 0 Å². The van der Waals surface area contributed by atoms with E-state index in [1.54, 1.807) is 13.0 Å². The fraction of sp³-hybridized carbons (Fsp3) is 0.100. The van der Waals surface area contributed by atoms with Gasteiger partial charge in [0.1, 0.15) is 16.6 Å². The second-order valence-electron chi connectivity index (χ2n) is 6.45. The summed E-state index contributed by atoms with van der Waals surface area (Å²) < 4.78 is 13.3. The molecule has 0 radical (unpaired) electrons. The molecule has 2 aromatic carbocycles. The molecule has 1 aliphatic heterocycles. The average Bonchev–Trinajstić information content (AvgIpc) is 3.25. The zero-order valence-electron chi connectivity index (χ0n) is 15.3. The van der Waals surface area contributed by atoms with Gasteiger partial charge >= 0.3 is 5.91 Å². The number of aliphatic hydroxyl groups excluding tert-OH is 1. The minimum Gasteiger partial charge on any atom is -0.507 e. The van der Waals surface area contributed by atoms with Gasteiger partial charge in [-0.1, -0.05) is 40.6 Å². The smallest absolute Gasteiger partial charge is 0.301 e. The summed E-state index contributed by atoms with van der Waals surface area (Å²) in [6.45, 7) is 1.71. The van der Waals surface area contributed by atoms with Crippen LogP contribution in [0.15, 0.2) is 48.0 Å². The quantitative estimate of drug-likeness (QED) is 0.338. The average molecular weight is 464 g/mol. The number of anilines is 1. The molecule has 10 heteroatoms. The number of aliphatic hydroxyl groups is 1. The molecule has 0 saturated carbocycles. The van der Waals surface area contributed by atoms with Crippen molar-refractivity contribution in [1.82, 2.24) is 10.2 Å². The van der Waals surface area contributed by atoms with E-state index in [4.69, 9.17) is 23.2 Å². The van der Waals surface area contributed by atoms with Crippen LogP contribution in [0.4, 0.5) is 9.52 Å². The van der Waals surface area contributed by atoms with Crippen LogP contribution in [0.2, 0.25) is 10.0 Å². The molecule has 1 fully saturated rings. The van der Waals surface area contributed by atoms with E-state index in [1.165, 1.54) is 29.2 Å². The molecule has 1 saturated heterocycles. The molecule has 1 atom stereocenters. The number of aryl methyl sites for hydroxylation is 1. The van der Waals surface area contributed by atoms with Gasteiger partial charge in [0.05, 0.1) is 21.7 Å². The maximum Gasteiger partial charge on any atom is 0.301 e. The highest BCUT2D eigenvalue weighted by molar-refractivity contribution is 7.15. The lowest BCUT2D eigenvalue weighted by atomic mass is 9.95. The Kier molecular flexibility index (Phi) is 5.31. The number of rotatable bonds is 3. The molecule has 0 aliphatic carbocycles. The van der Waals surface area contributed by atoms with Gasteiger partial charge in [0, 0.05) is 5.56 Å². The second kappa shape index (κ2) is 7.79. The van der Waals surface area contributed by atoms with Crippen LogP contribution in [-0.2, 0) is 9.59 Å². The molecule has 1 aromatic heterocycles. The van der Waals surface area contributed by atoms with Gasteiger partial charge in [0.15, 0.2) is 0 Å². The molecule has 0 bridgehead atoms. The lowest BCUT2D eigenvalue weighted by Crippen LogP contribution is -2.29. The SMILES string of the molecule is Cc1nnc(N2C(=O)C(=O)/C(=C(/O)c3ccc(F)cc3)C2c2ccc(Cl)c(Cl)c2)s1. The standard InChI is InChI=1S/C20H12Cl2FN3O3S/c1-9-24-25-20(30-9)26-16(11-4-7-13(21)14(22)8-11)15(18(28)19(26)29)17(27)10-2-5-12(23)6-3-10/h2-8,16,27H,1H3/b17-15+. The van der Waals surface area contributed by atoms with Gasteiger partial charge in [0.2, 0.25) is 5.13 Å². The molecule has 4 rings (SSSR count). The Morgan fingerprint density at radius 1 is 1.10 bits per heavy atom. The zero-order valence-corrected chi connectivity index (χ0v) is 17.6. The molecule has 1 N–H and O–H groups in total. The molecule has 1 unspecified atom stereocenters. The molecular weight excluding hydrogens is 452 g/mol. The highest BCUT2D eigenvalue weighted by atomic mass is 35.5. The number of nitrogens with zero attached hydrogens (tertiary/aromatic N) is 3. The van der Waals surface area contributed by atoms with Gasteiger partial charge in [-0.15, -0.1) is 10.2 Å². The van der Waals surface area contributed by atoms with E-state index < -0.39 is 29.3 Å². The van der Waals surface area contributed by atoms with Crippen LogP contribution < -0.4 is 4.90 Å². The van der Waals surface area contributed by atoms with Gasteiger partial charge < -0.3 is 5.11 Å². The van der Waals surface area contributed by atoms with Crippen LogP contribution in [0.25, 0.3) is 5.76 Å². The van der Waals surface area contributed by atoms with Crippen LogP contribution in [-0.4, -0.2) is 27.0 Å². The van der Waals surface area contributed by atoms with Gasteiger partial charge in [-0.3, -0.25) is 14.5 Å². The number of Topliss-reactive ketones (excluding diaryl/α,β-unsaturated/α-hetero) is 1. The third-order valence-electron chi connectivity index (χ3n) is 4.54. The van der Waals surface area contributed by atoms with Crippen molar-refractivity contribution in [3.05, 3.63) is 80.0 Å². The molecular formula is C20H12Cl2FN3O3S. The molecule has 6 nitrogen and oxygen atoms in total. The summed E-state index contributed by atoms with van der Waals surface area (Å²) in [5.41, 5.74) is 0.464. The van der Waals surface area contributed by atoms with E-state index in [9.17, 15) is 19.1 Å². The molecule has 152 valence electrons. The Balaban J connectivity index is 1.96. The number of carbonyl (C=O) groups excluding carboxylic acids is 2. The van der Waals surface area contributed by atoms with Crippen LogP contribution in [0, 0.1) is 12.7 Å². The molecule has 2 heterocycles. The predicted molar refractivity (Wildman–Crippen MR) is 112 cm³/mol. The third-order valence-corrected chi connectivity index (χ3v) is 6.12. The topological polar surface area (TPSA) is 83.4 Å². The maximum absolute atomic E-state index is 13.3. The number of hydrogen-bond acceptors (Lipinski definition) is 6. The summed E-state index contributed by atoms with van der Waals surface area (Å²) in [5, 5.41) is 20.1. The van der Waals surface area contributed by atoms with Crippen LogP contribution in [0.3, 0.4) is 0 Å².